The first-order valence-electron chi connectivity index (χ1n) is 6.28. The molecule has 0 bridgehead atoms. The number of nitrogens with one attached hydrogen (secondary N) is 2. The molecular weight excluding hydrogens is 236 g/mol. The maximum Gasteiger partial charge on any atom is 0.202 e. The van der Waals surface area contributed by atoms with Gasteiger partial charge in [0.2, 0.25) is 5.78 Å². The Morgan fingerprint density at radius 2 is 1.32 bits per heavy atom. The van der Waals surface area contributed by atoms with Crippen molar-refractivity contribution in [3.63, 3.8) is 0 Å². The Bertz CT molecular complexity index is 533. The molecule has 3 nitrogen and oxygen atoms in total. The smallest absolute Gasteiger partial charge is 0.202 e. The Kier molecular flexibility index (Phi) is 4.10. The normalized spacial score (nSPS) is 11.3. The summed E-state index contributed by atoms with van der Waals surface area (Å²) in [5.74, 6) is 0.00398. The van der Waals surface area contributed by atoms with Crippen LogP contribution in [-0.4, -0.2) is 19.9 Å². The van der Waals surface area contributed by atoms with E-state index in [0.29, 0.717) is 5.56 Å². The van der Waals surface area contributed by atoms with Crippen LogP contribution in [0.1, 0.15) is 15.9 Å². The van der Waals surface area contributed by atoms with E-state index in [9.17, 15) is 4.79 Å². The highest BCUT2D eigenvalue weighted by molar-refractivity contribution is 6.03. The van der Waals surface area contributed by atoms with Gasteiger partial charge in [-0.3, -0.25) is 15.4 Å². The van der Waals surface area contributed by atoms with Gasteiger partial charge in [0.1, 0.15) is 0 Å². The summed E-state index contributed by atoms with van der Waals surface area (Å²) < 4.78 is 0. The van der Waals surface area contributed by atoms with Crippen molar-refractivity contribution in [3.8, 4) is 0 Å². The molecule has 0 fully saturated rings. The molecule has 19 heavy (non-hydrogen) atoms. The first-order valence-corrected chi connectivity index (χ1v) is 6.28. The lowest BCUT2D eigenvalue weighted by atomic mass is 9.90. The maximum atomic E-state index is 12.8. The van der Waals surface area contributed by atoms with E-state index < -0.39 is 5.66 Å². The zero-order chi connectivity index (χ0) is 13.7. The van der Waals surface area contributed by atoms with Gasteiger partial charge in [-0.25, -0.2) is 0 Å². The zero-order valence-corrected chi connectivity index (χ0v) is 11.2. The Morgan fingerprint density at radius 1 is 0.842 bits per heavy atom. The fourth-order valence-corrected chi connectivity index (χ4v) is 2.27. The van der Waals surface area contributed by atoms with Crippen molar-refractivity contribution in [2.24, 2.45) is 0 Å². The monoisotopic (exact) mass is 254 g/mol. The van der Waals surface area contributed by atoms with Crippen molar-refractivity contribution in [3.05, 3.63) is 71.8 Å². The van der Waals surface area contributed by atoms with Crippen molar-refractivity contribution in [1.82, 2.24) is 10.6 Å². The molecule has 2 aromatic rings. The second-order valence-corrected chi connectivity index (χ2v) is 4.31. The molecule has 0 heterocycles. The number of Topliss-reactive ketones (excluding diaryl/α,β-unsaturated/α-hetero) is 1. The fraction of sp³-hybridized carbons (Fsp3) is 0.188. The second kappa shape index (κ2) is 5.78. The van der Waals surface area contributed by atoms with Gasteiger partial charge in [-0.2, -0.15) is 0 Å². The molecule has 0 spiro atoms. The molecule has 0 saturated heterocycles. The van der Waals surface area contributed by atoms with Crippen molar-refractivity contribution in [2.45, 2.75) is 5.66 Å². The Labute approximate surface area is 113 Å². The van der Waals surface area contributed by atoms with Gasteiger partial charge in [0.15, 0.2) is 5.66 Å². The number of carbonyl (C=O) groups excluding carboxylic acids is 1. The van der Waals surface area contributed by atoms with E-state index in [2.05, 4.69) is 10.6 Å². The highest BCUT2D eigenvalue weighted by Crippen LogP contribution is 2.22. The third-order valence-corrected chi connectivity index (χ3v) is 3.33. The molecule has 0 aliphatic carbocycles. The fourth-order valence-electron chi connectivity index (χ4n) is 2.27. The summed E-state index contributed by atoms with van der Waals surface area (Å²) >= 11 is 0. The number of ketones is 1. The van der Waals surface area contributed by atoms with E-state index in [1.807, 2.05) is 60.7 Å². The molecule has 2 aromatic carbocycles. The summed E-state index contributed by atoms with van der Waals surface area (Å²) in [6, 6.07) is 19.0. The van der Waals surface area contributed by atoms with Gasteiger partial charge < -0.3 is 0 Å². The van der Waals surface area contributed by atoms with Gasteiger partial charge in [-0.05, 0) is 19.7 Å². The lowest BCUT2D eigenvalue weighted by Gasteiger charge is -2.32. The van der Waals surface area contributed by atoms with Crippen LogP contribution in [0.2, 0.25) is 0 Å². The molecule has 0 radical (unpaired) electrons. The Morgan fingerprint density at radius 3 is 1.79 bits per heavy atom. The minimum Gasteiger partial charge on any atom is -0.292 e. The van der Waals surface area contributed by atoms with Crippen molar-refractivity contribution in [1.29, 1.82) is 0 Å². The van der Waals surface area contributed by atoms with Crippen molar-refractivity contribution >= 4 is 5.78 Å². The molecule has 98 valence electrons. The number of likely N-dealkylation sites (N-methyl/N-ethyl adjacent to an activating group) is 2. The van der Waals surface area contributed by atoms with Gasteiger partial charge in [0.05, 0.1) is 0 Å². The van der Waals surface area contributed by atoms with Crippen molar-refractivity contribution < 1.29 is 4.79 Å². The summed E-state index contributed by atoms with van der Waals surface area (Å²) in [5.41, 5.74) is 0.673. The quantitative estimate of drug-likeness (QED) is 0.634. The summed E-state index contributed by atoms with van der Waals surface area (Å²) in [4.78, 5) is 12.8. The van der Waals surface area contributed by atoms with Gasteiger partial charge in [0, 0.05) is 5.56 Å². The Balaban J connectivity index is 2.49. The first kappa shape index (κ1) is 13.5. The Hall–Kier alpha value is -1.97. The van der Waals surface area contributed by atoms with Gasteiger partial charge in [0.25, 0.3) is 0 Å². The largest absolute Gasteiger partial charge is 0.292 e. The third kappa shape index (κ3) is 2.43. The molecule has 0 atom stereocenters. The lowest BCUT2D eigenvalue weighted by molar-refractivity contribution is 0.0822. The predicted molar refractivity (Wildman–Crippen MR) is 77.0 cm³/mol. The zero-order valence-electron chi connectivity index (χ0n) is 11.2. The van der Waals surface area contributed by atoms with E-state index in [0.717, 1.165) is 5.56 Å². The number of carbonyl (C=O) groups is 1. The van der Waals surface area contributed by atoms with E-state index in [1.54, 1.807) is 14.1 Å². The van der Waals surface area contributed by atoms with E-state index in [-0.39, 0.29) is 5.78 Å². The number of hydrogen-bond acceptors (Lipinski definition) is 3. The molecule has 2 rings (SSSR count). The molecular formula is C16H18N2O. The average molecular weight is 254 g/mol. The van der Waals surface area contributed by atoms with Crippen LogP contribution in [0, 0.1) is 0 Å². The van der Waals surface area contributed by atoms with Crippen LogP contribution in [0.3, 0.4) is 0 Å². The first-order chi connectivity index (χ1) is 9.24. The summed E-state index contributed by atoms with van der Waals surface area (Å²) in [7, 11) is 3.56. The van der Waals surface area contributed by atoms with E-state index in [4.69, 9.17) is 0 Å². The van der Waals surface area contributed by atoms with Crippen molar-refractivity contribution in [2.75, 3.05) is 14.1 Å². The molecule has 0 saturated carbocycles. The molecule has 0 aliphatic rings. The van der Waals surface area contributed by atoms with Gasteiger partial charge >= 0.3 is 0 Å². The van der Waals surface area contributed by atoms with Crippen LogP contribution in [0.25, 0.3) is 0 Å². The minimum absolute atomic E-state index is 0.00398. The van der Waals surface area contributed by atoms with Crippen LogP contribution in [-0.2, 0) is 5.66 Å². The summed E-state index contributed by atoms with van der Waals surface area (Å²) in [6.07, 6.45) is 0. The minimum atomic E-state index is -0.900. The highest BCUT2D eigenvalue weighted by atomic mass is 16.1. The lowest BCUT2D eigenvalue weighted by Crippen LogP contribution is -2.57. The van der Waals surface area contributed by atoms with Crippen LogP contribution in [0.15, 0.2) is 60.7 Å². The van der Waals surface area contributed by atoms with Crippen LogP contribution in [0.4, 0.5) is 0 Å². The highest BCUT2D eigenvalue weighted by Gasteiger charge is 2.37. The van der Waals surface area contributed by atoms with E-state index >= 15 is 0 Å². The summed E-state index contributed by atoms with van der Waals surface area (Å²) in [5, 5.41) is 6.24. The molecule has 0 aliphatic heterocycles. The van der Waals surface area contributed by atoms with Gasteiger partial charge in [-0.1, -0.05) is 60.7 Å². The van der Waals surface area contributed by atoms with Gasteiger partial charge in [-0.15, -0.1) is 0 Å². The third-order valence-electron chi connectivity index (χ3n) is 3.33. The second-order valence-electron chi connectivity index (χ2n) is 4.31. The standard InChI is InChI=1S/C16H18N2O/c1-17-16(18-2,14-11-7-4-8-12-14)15(19)13-9-5-3-6-10-13/h3-12,17-18H,1-2H3. The molecule has 0 unspecified atom stereocenters. The molecule has 2 N–H and O–H groups in total. The van der Waals surface area contributed by atoms with Crippen LogP contribution < -0.4 is 10.6 Å². The molecule has 3 heteroatoms. The maximum absolute atomic E-state index is 12.8. The van der Waals surface area contributed by atoms with Crippen LogP contribution >= 0.6 is 0 Å². The molecule has 0 aromatic heterocycles. The topological polar surface area (TPSA) is 41.1 Å². The average Bonchev–Trinajstić information content (AvgIpc) is 2.51. The van der Waals surface area contributed by atoms with E-state index in [1.165, 1.54) is 0 Å². The number of rotatable bonds is 5. The summed E-state index contributed by atoms with van der Waals surface area (Å²) in [6.45, 7) is 0. The SMILES string of the molecule is CNC(NC)(C(=O)c1ccccc1)c1ccccc1. The number of hydrogen-bond donors (Lipinski definition) is 2. The molecule has 0 amide bonds. The predicted octanol–water partition coefficient (Wildman–Crippen LogP) is 2.16. The number of benzene rings is 2. The van der Waals surface area contributed by atoms with Crippen LogP contribution in [0.5, 0.6) is 0 Å².